The molecular formula is C19H14N2OS2. The molecule has 0 saturated heterocycles. The van der Waals surface area contributed by atoms with Gasteiger partial charge in [0.15, 0.2) is 5.82 Å². The number of hydrogen-bond acceptors (Lipinski definition) is 4. The Balaban J connectivity index is 1.81. The molecule has 0 aliphatic heterocycles. The minimum atomic E-state index is -0.0243. The molecule has 118 valence electrons. The van der Waals surface area contributed by atoms with E-state index < -0.39 is 0 Å². The van der Waals surface area contributed by atoms with Crippen LogP contribution in [0.5, 0.6) is 0 Å². The Labute approximate surface area is 147 Å². The van der Waals surface area contributed by atoms with Crippen molar-refractivity contribution in [1.82, 2.24) is 9.55 Å². The number of hydrogen-bond donors (Lipinski definition) is 0. The highest BCUT2D eigenvalue weighted by molar-refractivity contribution is 7.13. The van der Waals surface area contributed by atoms with Crippen molar-refractivity contribution in [2.24, 2.45) is 0 Å². The van der Waals surface area contributed by atoms with Crippen LogP contribution in [0.3, 0.4) is 0 Å². The fourth-order valence-corrected chi connectivity index (χ4v) is 4.03. The second kappa shape index (κ2) is 6.55. The third kappa shape index (κ3) is 2.84. The summed E-state index contributed by atoms with van der Waals surface area (Å²) in [6.45, 7) is 0.626. The Hall–Kier alpha value is -2.50. The van der Waals surface area contributed by atoms with Gasteiger partial charge in [0.05, 0.1) is 21.6 Å². The fourth-order valence-electron chi connectivity index (χ4n) is 2.62. The maximum Gasteiger partial charge on any atom is 0.238 e. The highest BCUT2D eigenvalue weighted by Crippen LogP contribution is 2.28. The molecule has 0 amide bonds. The molecule has 1 aromatic carbocycles. The zero-order chi connectivity index (χ0) is 16.4. The van der Waals surface area contributed by atoms with E-state index >= 15 is 0 Å². The van der Waals surface area contributed by atoms with Crippen LogP contribution in [0.2, 0.25) is 0 Å². The van der Waals surface area contributed by atoms with Gasteiger partial charge in [0.25, 0.3) is 0 Å². The number of ketones is 1. The third-order valence-corrected chi connectivity index (χ3v) is 5.52. The lowest BCUT2D eigenvalue weighted by Crippen LogP contribution is -2.12. The Morgan fingerprint density at radius 1 is 0.958 bits per heavy atom. The van der Waals surface area contributed by atoms with Crippen molar-refractivity contribution in [2.45, 2.75) is 6.54 Å². The first-order valence-corrected chi connectivity index (χ1v) is 9.30. The SMILES string of the molecule is O=C(c1cccs1)c1ncc(-c2cccs2)n1Cc1ccccc1. The summed E-state index contributed by atoms with van der Waals surface area (Å²) in [6.07, 6.45) is 1.80. The van der Waals surface area contributed by atoms with Gasteiger partial charge in [-0.25, -0.2) is 4.98 Å². The first-order valence-electron chi connectivity index (χ1n) is 7.54. The summed E-state index contributed by atoms with van der Waals surface area (Å²) in [4.78, 5) is 19.1. The molecule has 0 fully saturated rings. The molecule has 3 aromatic heterocycles. The van der Waals surface area contributed by atoms with E-state index in [1.54, 1.807) is 17.5 Å². The predicted octanol–water partition coefficient (Wildman–Crippen LogP) is 4.95. The average Bonchev–Trinajstić information content (AvgIpc) is 3.36. The number of rotatable bonds is 5. The van der Waals surface area contributed by atoms with Gasteiger partial charge < -0.3 is 4.57 Å². The molecular weight excluding hydrogens is 336 g/mol. The summed E-state index contributed by atoms with van der Waals surface area (Å²) >= 11 is 3.10. The van der Waals surface area contributed by atoms with Crippen molar-refractivity contribution in [3.8, 4) is 10.6 Å². The van der Waals surface area contributed by atoms with Gasteiger partial charge in [-0.15, -0.1) is 22.7 Å². The van der Waals surface area contributed by atoms with Crippen LogP contribution < -0.4 is 0 Å². The van der Waals surface area contributed by atoms with Crippen molar-refractivity contribution >= 4 is 28.5 Å². The lowest BCUT2D eigenvalue weighted by atomic mass is 10.2. The molecule has 0 unspecified atom stereocenters. The molecule has 4 aromatic rings. The summed E-state index contributed by atoms with van der Waals surface area (Å²) in [7, 11) is 0. The van der Waals surface area contributed by atoms with Crippen molar-refractivity contribution in [3.63, 3.8) is 0 Å². The molecule has 0 aliphatic rings. The standard InChI is InChI=1S/C19H14N2OS2/c22-18(17-9-5-11-24-17)19-20-12-15(16-8-4-10-23-16)21(19)13-14-6-2-1-3-7-14/h1-12H,13H2. The monoisotopic (exact) mass is 350 g/mol. The van der Waals surface area contributed by atoms with Crippen LogP contribution in [-0.4, -0.2) is 15.3 Å². The van der Waals surface area contributed by atoms with Gasteiger partial charge in [-0.05, 0) is 28.5 Å². The molecule has 0 atom stereocenters. The zero-order valence-electron chi connectivity index (χ0n) is 12.8. The van der Waals surface area contributed by atoms with E-state index in [2.05, 4.69) is 23.2 Å². The molecule has 3 heterocycles. The number of carbonyl (C=O) groups is 1. The van der Waals surface area contributed by atoms with Crippen molar-refractivity contribution in [1.29, 1.82) is 0 Å². The zero-order valence-corrected chi connectivity index (χ0v) is 14.4. The van der Waals surface area contributed by atoms with Gasteiger partial charge in [-0.2, -0.15) is 0 Å². The van der Waals surface area contributed by atoms with Crippen LogP contribution in [0.4, 0.5) is 0 Å². The second-order valence-corrected chi connectivity index (χ2v) is 7.22. The van der Waals surface area contributed by atoms with Gasteiger partial charge in [0, 0.05) is 6.54 Å². The van der Waals surface area contributed by atoms with Crippen LogP contribution in [-0.2, 0) is 6.54 Å². The topological polar surface area (TPSA) is 34.9 Å². The number of aromatic nitrogens is 2. The van der Waals surface area contributed by atoms with Crippen LogP contribution in [0.25, 0.3) is 10.6 Å². The van der Waals surface area contributed by atoms with Gasteiger partial charge in [-0.1, -0.05) is 42.5 Å². The minimum Gasteiger partial charge on any atom is -0.316 e. The lowest BCUT2D eigenvalue weighted by Gasteiger charge is -2.10. The summed E-state index contributed by atoms with van der Waals surface area (Å²) in [5.41, 5.74) is 2.13. The van der Waals surface area contributed by atoms with Crippen LogP contribution in [0.15, 0.2) is 71.6 Å². The average molecular weight is 350 g/mol. The number of nitrogens with zero attached hydrogens (tertiary/aromatic N) is 2. The van der Waals surface area contributed by atoms with Crippen molar-refractivity contribution in [3.05, 3.63) is 87.8 Å². The smallest absolute Gasteiger partial charge is 0.238 e. The van der Waals surface area contributed by atoms with Crippen LogP contribution in [0.1, 0.15) is 21.1 Å². The van der Waals surface area contributed by atoms with E-state index in [-0.39, 0.29) is 5.78 Å². The maximum atomic E-state index is 12.8. The predicted molar refractivity (Wildman–Crippen MR) is 98.8 cm³/mol. The Morgan fingerprint density at radius 3 is 2.46 bits per heavy atom. The molecule has 3 nitrogen and oxygen atoms in total. The molecule has 0 N–H and O–H groups in total. The van der Waals surface area contributed by atoms with Gasteiger partial charge >= 0.3 is 0 Å². The van der Waals surface area contributed by atoms with Crippen LogP contribution >= 0.6 is 22.7 Å². The van der Waals surface area contributed by atoms with Crippen LogP contribution in [0, 0.1) is 0 Å². The van der Waals surface area contributed by atoms with E-state index in [0.717, 1.165) is 16.1 Å². The largest absolute Gasteiger partial charge is 0.316 e. The van der Waals surface area contributed by atoms with Gasteiger partial charge in [0.2, 0.25) is 5.78 Å². The Morgan fingerprint density at radius 2 is 1.75 bits per heavy atom. The highest BCUT2D eigenvalue weighted by atomic mass is 32.1. The quantitative estimate of drug-likeness (QED) is 0.477. The molecule has 0 aliphatic carbocycles. The second-order valence-electron chi connectivity index (χ2n) is 5.32. The number of imidazole rings is 1. The first-order chi connectivity index (χ1) is 11.8. The summed E-state index contributed by atoms with van der Waals surface area (Å²) in [5.74, 6) is 0.466. The number of benzene rings is 1. The van der Waals surface area contributed by atoms with E-state index in [1.807, 2.05) is 51.7 Å². The van der Waals surface area contributed by atoms with E-state index in [0.29, 0.717) is 17.2 Å². The normalized spacial score (nSPS) is 10.8. The third-order valence-electron chi connectivity index (χ3n) is 3.76. The van der Waals surface area contributed by atoms with E-state index in [9.17, 15) is 4.79 Å². The fraction of sp³-hybridized carbons (Fsp3) is 0.0526. The van der Waals surface area contributed by atoms with E-state index in [1.165, 1.54) is 11.3 Å². The number of carbonyl (C=O) groups excluding carboxylic acids is 1. The molecule has 0 spiro atoms. The molecule has 4 rings (SSSR count). The van der Waals surface area contributed by atoms with Gasteiger partial charge in [-0.3, -0.25) is 4.79 Å². The van der Waals surface area contributed by atoms with Crippen molar-refractivity contribution in [2.75, 3.05) is 0 Å². The molecule has 0 saturated carbocycles. The Kier molecular flexibility index (Phi) is 4.11. The molecule has 0 bridgehead atoms. The maximum absolute atomic E-state index is 12.8. The molecule has 0 radical (unpaired) electrons. The first kappa shape index (κ1) is 15.1. The minimum absolute atomic E-state index is 0.0243. The summed E-state index contributed by atoms with van der Waals surface area (Å²) in [6, 6.07) is 18.0. The molecule has 5 heteroatoms. The highest BCUT2D eigenvalue weighted by Gasteiger charge is 2.20. The van der Waals surface area contributed by atoms with Crippen molar-refractivity contribution < 1.29 is 4.79 Å². The van der Waals surface area contributed by atoms with E-state index in [4.69, 9.17) is 0 Å². The number of thiophene rings is 2. The summed E-state index contributed by atoms with van der Waals surface area (Å²) in [5, 5.41) is 3.95. The molecule has 24 heavy (non-hydrogen) atoms. The lowest BCUT2D eigenvalue weighted by molar-refractivity contribution is 0.102. The summed E-state index contributed by atoms with van der Waals surface area (Å²) < 4.78 is 2.02. The Bertz CT molecular complexity index is 939. The van der Waals surface area contributed by atoms with Gasteiger partial charge in [0.1, 0.15) is 0 Å².